The Morgan fingerprint density at radius 3 is 2.65 bits per heavy atom. The highest BCUT2D eigenvalue weighted by molar-refractivity contribution is 7.80. The Hall–Kier alpha value is -2.42. The largest absolute Gasteiger partial charge is 0.480 e. The van der Waals surface area contributed by atoms with Crippen LogP contribution in [0, 0.1) is 0 Å². The summed E-state index contributed by atoms with van der Waals surface area (Å²) in [5, 5.41) is 12.0. The van der Waals surface area contributed by atoms with Crippen LogP contribution >= 0.6 is 35.4 Å². The highest BCUT2D eigenvalue weighted by Crippen LogP contribution is 2.25. The Morgan fingerprint density at radius 2 is 2.08 bits per heavy atom. The number of nitrogens with zero attached hydrogens (tertiary/aromatic N) is 2. The van der Waals surface area contributed by atoms with Crippen LogP contribution in [0.3, 0.4) is 0 Å². The number of halogens is 2. The molecule has 2 aromatic rings. The van der Waals surface area contributed by atoms with E-state index in [2.05, 4.69) is 10.3 Å². The number of carboxylic acid groups (broad SMARTS) is 1. The number of amides is 1. The molecule has 0 bridgehead atoms. The Morgan fingerprint density at radius 1 is 1.38 bits per heavy atom. The molecule has 1 fully saturated rings. The molecule has 0 saturated carbocycles. The van der Waals surface area contributed by atoms with Crippen molar-refractivity contribution in [1.82, 2.24) is 15.2 Å². The van der Waals surface area contributed by atoms with Crippen molar-refractivity contribution in [3.8, 4) is 0 Å². The number of hydrogen-bond acceptors (Lipinski definition) is 5. The molecule has 1 atom stereocenters. The number of aromatic nitrogens is 1. The number of carbonyl (C=O) groups is 2. The predicted molar refractivity (Wildman–Crippen MR) is 98.6 cm³/mol. The molecule has 1 aliphatic rings. The smallest absolute Gasteiger partial charge is 0.327 e. The minimum atomic E-state index is -1.17. The standard InChI is InChI=1S/C16H11Cl2N3O4S/c17-12-11(25-15(18)20-12)7-9-13(22)21(16(26)19-9)10(14(23)24)6-8-4-2-1-3-5-8/h1-5,7,10H,6H2,(H,19,26)(H,23,24)/b9-7+. The molecule has 1 amide bonds. The summed E-state index contributed by atoms with van der Waals surface area (Å²) >= 11 is 16.6. The fraction of sp³-hybridized carbons (Fsp3) is 0.125. The quantitative estimate of drug-likeness (QED) is 0.576. The second-order valence-electron chi connectivity index (χ2n) is 5.33. The van der Waals surface area contributed by atoms with Crippen LogP contribution in [0.25, 0.3) is 6.08 Å². The van der Waals surface area contributed by atoms with Crippen molar-refractivity contribution in [1.29, 1.82) is 0 Å². The third-order valence-corrected chi connectivity index (χ3v) is 4.37. The van der Waals surface area contributed by atoms with Gasteiger partial charge in [-0.2, -0.15) is 4.98 Å². The summed E-state index contributed by atoms with van der Waals surface area (Å²) in [4.78, 5) is 29.1. The molecule has 1 saturated heterocycles. The van der Waals surface area contributed by atoms with Gasteiger partial charge in [0.2, 0.25) is 0 Å². The minimum absolute atomic E-state index is 0.0176. The maximum absolute atomic E-state index is 12.7. The van der Waals surface area contributed by atoms with Gasteiger partial charge >= 0.3 is 5.97 Å². The van der Waals surface area contributed by atoms with Gasteiger partial charge in [0.05, 0.1) is 0 Å². The number of carboxylic acids is 1. The van der Waals surface area contributed by atoms with Gasteiger partial charge in [0, 0.05) is 12.5 Å². The first kappa shape index (κ1) is 18.4. The van der Waals surface area contributed by atoms with Crippen LogP contribution in [0.4, 0.5) is 0 Å². The first-order chi connectivity index (χ1) is 12.4. The van der Waals surface area contributed by atoms with Crippen molar-refractivity contribution in [2.45, 2.75) is 12.5 Å². The normalized spacial score (nSPS) is 16.8. The zero-order valence-corrected chi connectivity index (χ0v) is 15.3. The molecule has 2 heterocycles. The Kier molecular flexibility index (Phi) is 5.26. The van der Waals surface area contributed by atoms with E-state index >= 15 is 0 Å². The van der Waals surface area contributed by atoms with Crippen LogP contribution in [0.15, 0.2) is 40.4 Å². The lowest BCUT2D eigenvalue weighted by atomic mass is 10.0. The molecular weight excluding hydrogens is 401 g/mol. The zero-order valence-electron chi connectivity index (χ0n) is 13.0. The van der Waals surface area contributed by atoms with E-state index in [0.717, 1.165) is 10.5 Å². The summed E-state index contributed by atoms with van der Waals surface area (Å²) in [7, 11) is 0. The number of nitrogens with one attached hydrogen (secondary N) is 1. The molecule has 1 unspecified atom stereocenters. The van der Waals surface area contributed by atoms with Crippen LogP contribution in [0.2, 0.25) is 10.5 Å². The summed E-state index contributed by atoms with van der Waals surface area (Å²) in [5.74, 6) is -1.72. The lowest BCUT2D eigenvalue weighted by Gasteiger charge is -2.22. The van der Waals surface area contributed by atoms with Crippen molar-refractivity contribution in [3.63, 3.8) is 0 Å². The Labute approximate surface area is 163 Å². The first-order valence-electron chi connectivity index (χ1n) is 7.31. The molecule has 26 heavy (non-hydrogen) atoms. The van der Waals surface area contributed by atoms with Gasteiger partial charge in [-0.3, -0.25) is 9.69 Å². The van der Waals surface area contributed by atoms with Crippen LogP contribution < -0.4 is 5.32 Å². The summed E-state index contributed by atoms with van der Waals surface area (Å²) in [5.41, 5.74) is 0.780. The average Bonchev–Trinajstić information content (AvgIpc) is 3.05. The van der Waals surface area contributed by atoms with E-state index in [9.17, 15) is 14.7 Å². The monoisotopic (exact) mass is 411 g/mol. The zero-order chi connectivity index (χ0) is 18.8. The topological polar surface area (TPSA) is 95.7 Å². The first-order valence-corrected chi connectivity index (χ1v) is 8.48. The SMILES string of the molecule is O=C(O)C(Cc1ccccc1)N1C(=O)/C(=C\c2oc(Cl)nc2Cl)NC1=S. The van der Waals surface area contributed by atoms with E-state index < -0.39 is 17.9 Å². The maximum atomic E-state index is 12.7. The van der Waals surface area contributed by atoms with Crippen molar-refractivity contribution >= 4 is 58.5 Å². The molecule has 0 radical (unpaired) electrons. The summed E-state index contributed by atoms with van der Waals surface area (Å²) in [6, 6.07) is 7.79. The third kappa shape index (κ3) is 3.72. The van der Waals surface area contributed by atoms with E-state index in [-0.39, 0.29) is 33.5 Å². The molecule has 3 rings (SSSR count). The second kappa shape index (κ2) is 7.45. The summed E-state index contributed by atoms with van der Waals surface area (Å²) in [6.45, 7) is 0. The van der Waals surface area contributed by atoms with Crippen molar-refractivity contribution in [3.05, 3.63) is 57.9 Å². The van der Waals surface area contributed by atoms with E-state index in [1.54, 1.807) is 24.3 Å². The van der Waals surface area contributed by atoms with E-state index in [1.807, 2.05) is 6.07 Å². The van der Waals surface area contributed by atoms with Gasteiger partial charge in [-0.15, -0.1) is 0 Å². The fourth-order valence-corrected chi connectivity index (χ4v) is 3.17. The molecule has 1 aliphatic heterocycles. The van der Waals surface area contributed by atoms with Gasteiger partial charge < -0.3 is 14.8 Å². The van der Waals surface area contributed by atoms with Crippen molar-refractivity contribution in [2.24, 2.45) is 0 Å². The Balaban J connectivity index is 1.89. The van der Waals surface area contributed by atoms with Gasteiger partial charge in [-0.05, 0) is 29.4 Å². The average molecular weight is 412 g/mol. The van der Waals surface area contributed by atoms with Gasteiger partial charge in [0.15, 0.2) is 16.0 Å². The Bertz CT molecular complexity index is 913. The van der Waals surface area contributed by atoms with Gasteiger partial charge in [-0.1, -0.05) is 41.9 Å². The van der Waals surface area contributed by atoms with Gasteiger partial charge in [-0.25, -0.2) is 4.79 Å². The fourth-order valence-electron chi connectivity index (χ4n) is 2.47. The van der Waals surface area contributed by atoms with Gasteiger partial charge in [0.1, 0.15) is 11.7 Å². The number of carbonyl (C=O) groups excluding carboxylic acids is 1. The van der Waals surface area contributed by atoms with Crippen LogP contribution in [-0.4, -0.2) is 38.0 Å². The number of aliphatic carboxylic acids is 1. The summed E-state index contributed by atoms with van der Waals surface area (Å²) < 4.78 is 5.07. The molecule has 134 valence electrons. The molecule has 7 nitrogen and oxygen atoms in total. The molecule has 0 aliphatic carbocycles. The number of thiocarbonyl (C=S) groups is 1. The highest BCUT2D eigenvalue weighted by Gasteiger charge is 2.40. The van der Waals surface area contributed by atoms with E-state index in [4.69, 9.17) is 39.8 Å². The predicted octanol–water partition coefficient (Wildman–Crippen LogP) is 2.73. The lowest BCUT2D eigenvalue weighted by Crippen LogP contribution is -2.46. The highest BCUT2D eigenvalue weighted by atomic mass is 35.5. The number of oxazole rings is 1. The van der Waals surface area contributed by atoms with E-state index in [1.165, 1.54) is 6.08 Å². The molecule has 2 N–H and O–H groups in total. The minimum Gasteiger partial charge on any atom is -0.480 e. The molecule has 0 spiro atoms. The molecular formula is C16H11Cl2N3O4S. The third-order valence-electron chi connectivity index (χ3n) is 3.64. The maximum Gasteiger partial charge on any atom is 0.327 e. The molecule has 1 aromatic carbocycles. The number of benzene rings is 1. The van der Waals surface area contributed by atoms with Crippen LogP contribution in [0.1, 0.15) is 11.3 Å². The van der Waals surface area contributed by atoms with Crippen molar-refractivity contribution in [2.75, 3.05) is 0 Å². The molecule has 1 aromatic heterocycles. The number of hydrogen-bond donors (Lipinski definition) is 2. The second-order valence-corrected chi connectivity index (χ2v) is 6.40. The summed E-state index contributed by atoms with van der Waals surface area (Å²) in [6.07, 6.45) is 1.38. The van der Waals surface area contributed by atoms with E-state index in [0.29, 0.717) is 0 Å². The van der Waals surface area contributed by atoms with Crippen LogP contribution in [-0.2, 0) is 16.0 Å². The van der Waals surface area contributed by atoms with Gasteiger partial charge in [0.25, 0.3) is 11.3 Å². The lowest BCUT2D eigenvalue weighted by molar-refractivity contribution is -0.145. The van der Waals surface area contributed by atoms with Crippen LogP contribution in [0.5, 0.6) is 0 Å². The molecule has 10 heteroatoms. The van der Waals surface area contributed by atoms with Crippen molar-refractivity contribution < 1.29 is 19.1 Å². The number of rotatable bonds is 5.